The highest BCUT2D eigenvalue weighted by Gasteiger charge is 2.36. The zero-order valence-electron chi connectivity index (χ0n) is 13.2. The van der Waals surface area contributed by atoms with Crippen molar-refractivity contribution >= 4 is 33.2 Å². The number of sulfonamides is 1. The summed E-state index contributed by atoms with van der Waals surface area (Å²) < 4.78 is 34.3. The summed E-state index contributed by atoms with van der Waals surface area (Å²) in [5.74, 6) is 0.679. The van der Waals surface area contributed by atoms with E-state index in [1.807, 2.05) is 38.1 Å². The van der Waals surface area contributed by atoms with Crippen molar-refractivity contribution in [3.63, 3.8) is 0 Å². The molecule has 0 fully saturated rings. The van der Waals surface area contributed by atoms with Gasteiger partial charge in [0.05, 0.1) is 11.1 Å². The third-order valence-electron chi connectivity index (χ3n) is 3.86. The maximum Gasteiger partial charge on any atom is 0.242 e. The summed E-state index contributed by atoms with van der Waals surface area (Å²) in [5.41, 5.74) is 0.318. The van der Waals surface area contributed by atoms with Crippen molar-refractivity contribution in [2.45, 2.75) is 36.8 Å². The number of rotatable bonds is 3. The van der Waals surface area contributed by atoms with E-state index in [1.165, 1.54) is 12.1 Å². The molecule has 0 aromatic heterocycles. The van der Waals surface area contributed by atoms with Crippen molar-refractivity contribution in [3.8, 4) is 5.75 Å². The van der Waals surface area contributed by atoms with E-state index in [4.69, 9.17) is 27.9 Å². The van der Waals surface area contributed by atoms with Crippen molar-refractivity contribution in [3.05, 3.63) is 58.1 Å². The Bertz CT molecular complexity index is 881. The molecule has 2 aromatic carbocycles. The fourth-order valence-electron chi connectivity index (χ4n) is 2.84. The quantitative estimate of drug-likeness (QED) is 0.841. The highest BCUT2D eigenvalue weighted by atomic mass is 35.5. The van der Waals surface area contributed by atoms with Gasteiger partial charge < -0.3 is 4.74 Å². The molecule has 24 heavy (non-hydrogen) atoms. The summed E-state index contributed by atoms with van der Waals surface area (Å²) >= 11 is 12.0. The van der Waals surface area contributed by atoms with Gasteiger partial charge in [-0.2, -0.15) is 0 Å². The van der Waals surface area contributed by atoms with Gasteiger partial charge in [0.2, 0.25) is 10.0 Å². The van der Waals surface area contributed by atoms with Crippen LogP contribution in [0.15, 0.2) is 47.4 Å². The molecule has 128 valence electrons. The normalized spacial score (nSPS) is 19.4. The molecule has 1 aliphatic rings. The summed E-state index contributed by atoms with van der Waals surface area (Å²) in [7, 11) is -3.83. The SMILES string of the molecule is CC1(C)C[C@@H](NS(=O)(=O)c2cc(Cl)ccc2Cl)c2ccccc2O1. The Morgan fingerprint density at radius 3 is 2.62 bits per heavy atom. The molecule has 0 radical (unpaired) electrons. The predicted molar refractivity (Wildman–Crippen MR) is 95.3 cm³/mol. The molecule has 1 atom stereocenters. The van der Waals surface area contributed by atoms with Crippen molar-refractivity contribution in [1.29, 1.82) is 0 Å². The molecule has 0 bridgehead atoms. The van der Waals surface area contributed by atoms with Crippen LogP contribution in [-0.2, 0) is 10.0 Å². The third-order valence-corrected chi connectivity index (χ3v) is 6.04. The number of hydrogen-bond donors (Lipinski definition) is 1. The maximum absolute atomic E-state index is 12.8. The highest BCUT2D eigenvalue weighted by molar-refractivity contribution is 7.89. The molecule has 7 heteroatoms. The minimum Gasteiger partial charge on any atom is -0.487 e. The van der Waals surface area contributed by atoms with Crippen LogP contribution in [0.3, 0.4) is 0 Å². The first-order chi connectivity index (χ1) is 11.2. The molecule has 1 aliphatic heterocycles. The summed E-state index contributed by atoms with van der Waals surface area (Å²) in [6.45, 7) is 3.85. The Kier molecular flexibility index (Phi) is 4.55. The number of nitrogens with one attached hydrogen (secondary N) is 1. The fourth-order valence-corrected chi connectivity index (χ4v) is 4.82. The number of halogens is 2. The first-order valence-corrected chi connectivity index (χ1v) is 9.67. The van der Waals surface area contributed by atoms with Crippen LogP contribution in [-0.4, -0.2) is 14.0 Å². The molecule has 3 rings (SSSR count). The van der Waals surface area contributed by atoms with Crippen molar-refractivity contribution in [2.75, 3.05) is 0 Å². The highest BCUT2D eigenvalue weighted by Crippen LogP contribution is 2.40. The average molecular weight is 386 g/mol. The number of ether oxygens (including phenoxy) is 1. The van der Waals surface area contributed by atoms with Gasteiger partial charge in [-0.3, -0.25) is 0 Å². The van der Waals surface area contributed by atoms with E-state index in [9.17, 15) is 8.42 Å². The van der Waals surface area contributed by atoms with Gasteiger partial charge in [-0.05, 0) is 38.1 Å². The minimum atomic E-state index is -3.83. The zero-order valence-corrected chi connectivity index (χ0v) is 15.5. The fraction of sp³-hybridized carbons (Fsp3) is 0.294. The van der Waals surface area contributed by atoms with Crippen LogP contribution in [0.25, 0.3) is 0 Å². The second-order valence-corrected chi connectivity index (χ2v) is 8.88. The van der Waals surface area contributed by atoms with E-state index >= 15 is 0 Å². The van der Waals surface area contributed by atoms with Gasteiger partial charge in [-0.1, -0.05) is 41.4 Å². The Balaban J connectivity index is 1.99. The Labute approximate surface area is 151 Å². The van der Waals surface area contributed by atoms with E-state index in [1.54, 1.807) is 6.07 Å². The summed E-state index contributed by atoms with van der Waals surface area (Å²) in [4.78, 5) is -0.0292. The van der Waals surface area contributed by atoms with E-state index in [0.717, 1.165) is 5.56 Å². The van der Waals surface area contributed by atoms with E-state index in [-0.39, 0.29) is 9.92 Å². The minimum absolute atomic E-state index is 0.0292. The monoisotopic (exact) mass is 385 g/mol. The number of fused-ring (bicyclic) bond motifs is 1. The van der Waals surface area contributed by atoms with E-state index in [0.29, 0.717) is 17.2 Å². The molecular weight excluding hydrogens is 369 g/mol. The molecular formula is C17H17Cl2NO3S. The van der Waals surface area contributed by atoms with Gasteiger partial charge in [-0.25, -0.2) is 13.1 Å². The lowest BCUT2D eigenvalue weighted by Gasteiger charge is -2.37. The van der Waals surface area contributed by atoms with Crippen LogP contribution in [0.1, 0.15) is 31.9 Å². The Morgan fingerprint density at radius 2 is 1.88 bits per heavy atom. The first-order valence-electron chi connectivity index (χ1n) is 7.43. The molecule has 1 N–H and O–H groups in total. The van der Waals surface area contributed by atoms with Gasteiger partial charge in [0.15, 0.2) is 0 Å². The molecule has 0 spiro atoms. The van der Waals surface area contributed by atoms with E-state index < -0.39 is 21.7 Å². The Morgan fingerprint density at radius 1 is 1.17 bits per heavy atom. The lowest BCUT2D eigenvalue weighted by atomic mass is 9.90. The van der Waals surface area contributed by atoms with Crippen LogP contribution in [0.2, 0.25) is 10.0 Å². The van der Waals surface area contributed by atoms with Gasteiger partial charge >= 0.3 is 0 Å². The molecule has 4 nitrogen and oxygen atoms in total. The van der Waals surface area contributed by atoms with Crippen molar-refractivity contribution in [1.82, 2.24) is 4.72 Å². The predicted octanol–water partition coefficient (Wildman–Crippen LogP) is 4.57. The molecule has 0 aliphatic carbocycles. The molecule has 1 heterocycles. The number of para-hydroxylation sites is 1. The molecule has 0 saturated carbocycles. The van der Waals surface area contributed by atoms with Crippen LogP contribution < -0.4 is 9.46 Å². The van der Waals surface area contributed by atoms with Crippen LogP contribution in [0.5, 0.6) is 5.75 Å². The van der Waals surface area contributed by atoms with Gasteiger partial charge in [0.25, 0.3) is 0 Å². The lowest BCUT2D eigenvalue weighted by molar-refractivity contribution is 0.0702. The lowest BCUT2D eigenvalue weighted by Crippen LogP contribution is -2.41. The first kappa shape index (κ1) is 17.5. The second-order valence-electron chi connectivity index (χ2n) is 6.35. The average Bonchev–Trinajstić information content (AvgIpc) is 2.48. The summed E-state index contributed by atoms with van der Waals surface area (Å²) in [5, 5.41) is 0.444. The van der Waals surface area contributed by atoms with Crippen LogP contribution in [0.4, 0.5) is 0 Å². The summed E-state index contributed by atoms with van der Waals surface area (Å²) in [6.07, 6.45) is 0.501. The molecule has 0 saturated heterocycles. The maximum atomic E-state index is 12.8. The smallest absolute Gasteiger partial charge is 0.242 e. The van der Waals surface area contributed by atoms with E-state index in [2.05, 4.69) is 4.72 Å². The zero-order chi connectivity index (χ0) is 17.5. The Hall–Kier alpha value is -1.27. The summed E-state index contributed by atoms with van der Waals surface area (Å²) in [6, 6.07) is 11.4. The van der Waals surface area contributed by atoms with Crippen molar-refractivity contribution in [2.24, 2.45) is 0 Å². The topological polar surface area (TPSA) is 55.4 Å². The van der Waals surface area contributed by atoms with Crippen LogP contribution in [0, 0.1) is 0 Å². The van der Waals surface area contributed by atoms with Gasteiger partial charge in [0.1, 0.15) is 16.2 Å². The number of benzene rings is 2. The third kappa shape index (κ3) is 3.54. The van der Waals surface area contributed by atoms with Gasteiger partial charge in [0, 0.05) is 17.0 Å². The standard InChI is InChI=1S/C17H17Cl2NO3S/c1-17(2)10-14(12-5-3-4-6-15(12)23-17)20-24(21,22)16-9-11(18)7-8-13(16)19/h3-9,14,20H,10H2,1-2H3/t14-/m1/s1. The largest absolute Gasteiger partial charge is 0.487 e. The number of hydrogen-bond acceptors (Lipinski definition) is 3. The van der Waals surface area contributed by atoms with Crippen molar-refractivity contribution < 1.29 is 13.2 Å². The molecule has 0 unspecified atom stereocenters. The molecule has 0 amide bonds. The second kappa shape index (κ2) is 6.23. The van der Waals surface area contributed by atoms with Gasteiger partial charge in [-0.15, -0.1) is 0 Å². The molecule has 2 aromatic rings. The van der Waals surface area contributed by atoms with Crippen LogP contribution >= 0.6 is 23.2 Å².